The van der Waals surface area contributed by atoms with Crippen LogP contribution < -0.4 is 5.32 Å². The van der Waals surface area contributed by atoms with Gasteiger partial charge in [0, 0.05) is 6.54 Å². The van der Waals surface area contributed by atoms with Crippen LogP contribution in [0.4, 0.5) is 0 Å². The summed E-state index contributed by atoms with van der Waals surface area (Å²) in [4.78, 5) is 15.6. The first-order valence-corrected chi connectivity index (χ1v) is 4.39. The number of hydrogen-bond donors (Lipinski definition) is 1. The van der Waals surface area contributed by atoms with Crippen LogP contribution in [0, 0.1) is 0 Å². The van der Waals surface area contributed by atoms with Crippen molar-refractivity contribution in [3.63, 3.8) is 0 Å². The van der Waals surface area contributed by atoms with Crippen LogP contribution in [0.15, 0.2) is 11.7 Å². The topological polar surface area (TPSA) is 42.0 Å². The normalized spacial score (nSPS) is 9.55. The number of amides is 1. The van der Waals surface area contributed by atoms with E-state index in [0.29, 0.717) is 4.88 Å². The summed E-state index contributed by atoms with van der Waals surface area (Å²) in [6.45, 7) is 2.75. The van der Waals surface area contributed by atoms with Crippen molar-refractivity contribution in [2.45, 2.75) is 13.3 Å². The maximum atomic E-state index is 11.1. The van der Waals surface area contributed by atoms with Gasteiger partial charge in [0.05, 0.1) is 11.7 Å². The molecule has 60 valence electrons. The molecule has 0 aromatic carbocycles. The van der Waals surface area contributed by atoms with Gasteiger partial charge in [-0.3, -0.25) is 9.78 Å². The van der Waals surface area contributed by atoms with Gasteiger partial charge in [-0.1, -0.05) is 6.92 Å². The van der Waals surface area contributed by atoms with Gasteiger partial charge in [0.1, 0.15) is 4.88 Å². The van der Waals surface area contributed by atoms with Crippen molar-refractivity contribution < 1.29 is 4.79 Å². The molecule has 3 nitrogen and oxygen atoms in total. The van der Waals surface area contributed by atoms with Gasteiger partial charge in [0.15, 0.2) is 0 Å². The molecule has 0 fully saturated rings. The fourth-order valence-electron chi connectivity index (χ4n) is 0.654. The predicted octanol–water partition coefficient (Wildman–Crippen LogP) is 1.28. The quantitative estimate of drug-likeness (QED) is 0.742. The van der Waals surface area contributed by atoms with Crippen molar-refractivity contribution in [1.82, 2.24) is 10.3 Å². The second-order valence-electron chi connectivity index (χ2n) is 2.12. The van der Waals surface area contributed by atoms with Gasteiger partial charge in [-0.15, -0.1) is 11.3 Å². The zero-order valence-electron chi connectivity index (χ0n) is 6.33. The lowest BCUT2D eigenvalue weighted by atomic mass is 10.4. The van der Waals surface area contributed by atoms with Crippen LogP contribution in [0.3, 0.4) is 0 Å². The minimum atomic E-state index is -0.0191. The van der Waals surface area contributed by atoms with Gasteiger partial charge in [0.25, 0.3) is 5.91 Å². The minimum absolute atomic E-state index is 0.0191. The lowest BCUT2D eigenvalue weighted by Gasteiger charge is -1.98. The zero-order chi connectivity index (χ0) is 8.10. The van der Waals surface area contributed by atoms with Crippen molar-refractivity contribution >= 4 is 17.2 Å². The summed E-state index contributed by atoms with van der Waals surface area (Å²) in [5.41, 5.74) is 1.65. The molecule has 4 heteroatoms. The summed E-state index contributed by atoms with van der Waals surface area (Å²) < 4.78 is 0. The van der Waals surface area contributed by atoms with Gasteiger partial charge in [-0.2, -0.15) is 0 Å². The van der Waals surface area contributed by atoms with Crippen LogP contribution in [0.5, 0.6) is 0 Å². The molecular weight excluding hydrogens is 160 g/mol. The Morgan fingerprint density at radius 1 is 1.82 bits per heavy atom. The monoisotopic (exact) mass is 170 g/mol. The Labute approximate surface area is 69.5 Å². The number of aromatic nitrogens is 1. The average Bonchev–Trinajstić information content (AvgIpc) is 2.52. The predicted molar refractivity (Wildman–Crippen MR) is 44.7 cm³/mol. The Morgan fingerprint density at radius 3 is 3.18 bits per heavy atom. The maximum absolute atomic E-state index is 11.1. The van der Waals surface area contributed by atoms with Crippen molar-refractivity contribution in [3.8, 4) is 0 Å². The lowest BCUT2D eigenvalue weighted by molar-refractivity contribution is 0.0957. The molecule has 0 aliphatic heterocycles. The van der Waals surface area contributed by atoms with Gasteiger partial charge >= 0.3 is 0 Å². The van der Waals surface area contributed by atoms with Gasteiger partial charge in [-0.05, 0) is 6.42 Å². The van der Waals surface area contributed by atoms with E-state index in [0.717, 1.165) is 13.0 Å². The fraction of sp³-hybridized carbons (Fsp3) is 0.429. The summed E-state index contributed by atoms with van der Waals surface area (Å²) in [7, 11) is 0. The molecule has 0 aliphatic carbocycles. The van der Waals surface area contributed by atoms with E-state index in [4.69, 9.17) is 0 Å². The molecule has 0 bridgehead atoms. The van der Waals surface area contributed by atoms with E-state index >= 15 is 0 Å². The number of thiazole rings is 1. The highest BCUT2D eigenvalue weighted by Crippen LogP contribution is 2.03. The van der Waals surface area contributed by atoms with E-state index in [1.807, 2.05) is 6.92 Å². The summed E-state index contributed by atoms with van der Waals surface area (Å²) >= 11 is 1.36. The zero-order valence-corrected chi connectivity index (χ0v) is 7.15. The van der Waals surface area contributed by atoms with Crippen LogP contribution in [0.25, 0.3) is 0 Å². The number of carbonyl (C=O) groups is 1. The van der Waals surface area contributed by atoms with Gasteiger partial charge in [-0.25, -0.2) is 0 Å². The molecule has 0 atom stereocenters. The number of nitrogens with zero attached hydrogens (tertiary/aromatic N) is 1. The Morgan fingerprint density at radius 2 is 2.64 bits per heavy atom. The van der Waals surface area contributed by atoms with Crippen molar-refractivity contribution in [2.24, 2.45) is 0 Å². The molecule has 0 radical (unpaired) electrons. The Kier molecular flexibility index (Phi) is 3.04. The molecule has 1 aromatic heterocycles. The van der Waals surface area contributed by atoms with E-state index in [-0.39, 0.29) is 5.91 Å². The molecule has 1 aromatic rings. The standard InChI is InChI=1S/C7H10N2OS/c1-2-3-9-7(10)6-4-8-5-11-6/h4-5H,2-3H2,1H3,(H,9,10). The molecule has 11 heavy (non-hydrogen) atoms. The Bertz CT molecular complexity index is 220. The third-order valence-electron chi connectivity index (χ3n) is 1.19. The van der Waals surface area contributed by atoms with Gasteiger partial charge < -0.3 is 5.32 Å². The van der Waals surface area contributed by atoms with Gasteiger partial charge in [0.2, 0.25) is 0 Å². The highest BCUT2D eigenvalue weighted by atomic mass is 32.1. The second-order valence-corrected chi connectivity index (χ2v) is 3.01. The molecule has 0 aliphatic rings. The first-order valence-electron chi connectivity index (χ1n) is 3.51. The second kappa shape index (κ2) is 4.08. The third kappa shape index (κ3) is 2.31. The highest BCUT2D eigenvalue weighted by molar-refractivity contribution is 7.11. The SMILES string of the molecule is CCCNC(=O)c1cncs1. The van der Waals surface area contributed by atoms with E-state index in [2.05, 4.69) is 10.3 Å². The van der Waals surface area contributed by atoms with Crippen LogP contribution in [0.2, 0.25) is 0 Å². The number of nitrogens with one attached hydrogen (secondary N) is 1. The molecule has 0 saturated heterocycles. The van der Waals surface area contributed by atoms with E-state index in [9.17, 15) is 4.79 Å². The van der Waals surface area contributed by atoms with Crippen LogP contribution in [-0.4, -0.2) is 17.4 Å². The minimum Gasteiger partial charge on any atom is -0.351 e. The number of hydrogen-bond acceptors (Lipinski definition) is 3. The largest absolute Gasteiger partial charge is 0.351 e. The smallest absolute Gasteiger partial charge is 0.262 e. The third-order valence-corrected chi connectivity index (χ3v) is 1.96. The van der Waals surface area contributed by atoms with Crippen LogP contribution in [0.1, 0.15) is 23.0 Å². The fourth-order valence-corrected chi connectivity index (χ4v) is 1.19. The van der Waals surface area contributed by atoms with E-state index < -0.39 is 0 Å². The van der Waals surface area contributed by atoms with Crippen molar-refractivity contribution in [1.29, 1.82) is 0 Å². The molecule has 1 heterocycles. The summed E-state index contributed by atoms with van der Waals surface area (Å²) in [6.07, 6.45) is 2.54. The van der Waals surface area contributed by atoms with E-state index in [1.54, 1.807) is 11.7 Å². The van der Waals surface area contributed by atoms with Crippen molar-refractivity contribution in [2.75, 3.05) is 6.54 Å². The molecule has 0 saturated carbocycles. The summed E-state index contributed by atoms with van der Waals surface area (Å²) in [5.74, 6) is -0.0191. The molecule has 0 unspecified atom stereocenters. The molecule has 0 spiro atoms. The first kappa shape index (κ1) is 8.20. The average molecular weight is 170 g/mol. The van der Waals surface area contributed by atoms with Crippen LogP contribution >= 0.6 is 11.3 Å². The number of rotatable bonds is 3. The number of carbonyl (C=O) groups excluding carboxylic acids is 1. The molecule has 1 N–H and O–H groups in total. The highest BCUT2D eigenvalue weighted by Gasteiger charge is 2.04. The summed E-state index contributed by atoms with van der Waals surface area (Å²) in [5, 5.41) is 2.77. The maximum Gasteiger partial charge on any atom is 0.262 e. The van der Waals surface area contributed by atoms with Crippen molar-refractivity contribution in [3.05, 3.63) is 16.6 Å². The first-order chi connectivity index (χ1) is 5.34. The van der Waals surface area contributed by atoms with E-state index in [1.165, 1.54) is 11.3 Å². The Hall–Kier alpha value is -0.900. The Balaban J connectivity index is 2.43. The molecule has 1 amide bonds. The molecule has 1 rings (SSSR count). The molecular formula is C7H10N2OS. The lowest BCUT2D eigenvalue weighted by Crippen LogP contribution is -2.22. The van der Waals surface area contributed by atoms with Crippen LogP contribution in [-0.2, 0) is 0 Å². The summed E-state index contributed by atoms with van der Waals surface area (Å²) in [6, 6.07) is 0.